The number of aryl methyl sites for hydroxylation is 1. The molecule has 0 saturated carbocycles. The molecule has 3 aromatic rings. The maximum absolute atomic E-state index is 12.9. The first kappa shape index (κ1) is 53.6. The number of hydrogen-bond acceptors (Lipinski definition) is 18. The van der Waals surface area contributed by atoms with Crippen molar-refractivity contribution in [2.75, 3.05) is 38.8 Å². The molecule has 4 aliphatic rings. The van der Waals surface area contributed by atoms with Gasteiger partial charge in [-0.05, 0) is 76.9 Å². The Morgan fingerprint density at radius 2 is 1.25 bits per heavy atom. The number of carboxylic acids is 1. The van der Waals surface area contributed by atoms with Crippen LogP contribution in [0.15, 0.2) is 75.4 Å². The molecule has 2 saturated heterocycles. The van der Waals surface area contributed by atoms with Crippen LogP contribution < -0.4 is 10.6 Å². The number of benzene rings is 3. The number of esters is 1. The van der Waals surface area contributed by atoms with Crippen LogP contribution in [0.3, 0.4) is 0 Å². The topological polar surface area (TPSA) is 293 Å². The average Bonchev–Trinajstić information content (AvgIpc) is 3.68. The second-order valence-corrected chi connectivity index (χ2v) is 19.5. The summed E-state index contributed by atoms with van der Waals surface area (Å²) in [4.78, 5) is 121. The number of carbonyl (C=O) groups excluding carboxylic acids is 9. The van der Waals surface area contributed by atoms with Crippen molar-refractivity contribution in [3.63, 3.8) is 0 Å². The molecular weight excluding hydrogens is 965 g/mol. The van der Waals surface area contributed by atoms with E-state index in [2.05, 4.69) is 23.3 Å². The number of carboxylic acid groups (broad SMARTS) is 1. The fraction of sp³-hybridized carbons (Fsp3) is 0.378. The Hall–Kier alpha value is -6.31. The second-order valence-electron chi connectivity index (χ2n) is 16.3. The molecular formula is C45H48N4O17S3. The van der Waals surface area contributed by atoms with Gasteiger partial charge in [0.1, 0.15) is 30.9 Å². The number of thiol groups is 1. The monoisotopic (exact) mass is 1010 g/mol. The van der Waals surface area contributed by atoms with Gasteiger partial charge in [-0.1, -0.05) is 29.8 Å². The van der Waals surface area contributed by atoms with Gasteiger partial charge in [0.25, 0.3) is 33.7 Å². The van der Waals surface area contributed by atoms with Crippen molar-refractivity contribution >= 4 is 93.7 Å². The van der Waals surface area contributed by atoms with Gasteiger partial charge in [0.2, 0.25) is 23.6 Å². The summed E-state index contributed by atoms with van der Waals surface area (Å²) in [5, 5.41) is 12.8. The smallest absolute Gasteiger partial charge is 0.332 e. The fourth-order valence-corrected chi connectivity index (χ4v) is 9.11. The van der Waals surface area contributed by atoms with Crippen molar-refractivity contribution in [3.8, 4) is 0 Å². The average molecular weight is 1010 g/mol. The highest BCUT2D eigenvalue weighted by atomic mass is 32.2. The van der Waals surface area contributed by atoms with E-state index >= 15 is 0 Å². The summed E-state index contributed by atoms with van der Waals surface area (Å²) in [6.45, 7) is 6.44. The normalized spacial score (nSPS) is 17.8. The summed E-state index contributed by atoms with van der Waals surface area (Å²) in [7, 11) is -3.80. The van der Waals surface area contributed by atoms with Gasteiger partial charge >= 0.3 is 11.9 Å². The highest BCUT2D eigenvalue weighted by Gasteiger charge is 2.47. The third-order valence-corrected chi connectivity index (χ3v) is 12.7. The number of carbonyl (C=O) groups is 10. The number of rotatable bonds is 15. The number of nitrogens with zero attached hydrogens (tertiary/aromatic N) is 2. The summed E-state index contributed by atoms with van der Waals surface area (Å²) >= 11 is 5.44. The molecule has 4 aliphatic heterocycles. The zero-order chi connectivity index (χ0) is 50.8. The minimum absolute atomic E-state index is 0.0235. The Morgan fingerprint density at radius 1 is 0.725 bits per heavy atom. The summed E-state index contributed by atoms with van der Waals surface area (Å²) in [6, 6.07) is 14.0. The Bertz CT molecular complexity index is 2670. The Balaban J connectivity index is 0.000000196. The van der Waals surface area contributed by atoms with E-state index < -0.39 is 93.6 Å². The molecule has 0 bridgehead atoms. The number of ether oxygens (including phenoxy) is 3. The third-order valence-electron chi connectivity index (χ3n) is 10.0. The van der Waals surface area contributed by atoms with Gasteiger partial charge in [0.05, 0.1) is 47.0 Å². The van der Waals surface area contributed by atoms with Crippen LogP contribution in [0, 0.1) is 6.92 Å². The standard InChI is InChI=1S/C17H16N2O7S.C15H22O6S.C13H10N2O4S/c20-12-5-4-10(15(23)18-12)19-16(24)9-2-1-3-11(14(9)17(19)25)27-7-6-26-8-13(21)22;1-12-5-7-13(8-6-12)22(17,18)20-10-9-19-11-14(16)21-15(2,3)4;16-9-5-4-7(11(17)14-9)15-12(18)6-2-1-3-8(20)10(6)13(15)19/h1-3,10H,4-8H2,(H,21,22)(H,18,20,23);5-8H,9-11H2,1-4H3;1-3,7,20H,4-5H2,(H,14,16,17). The van der Waals surface area contributed by atoms with Gasteiger partial charge in [0.15, 0.2) is 0 Å². The number of nitrogens with one attached hydrogen (secondary N) is 2. The van der Waals surface area contributed by atoms with Crippen LogP contribution >= 0.6 is 24.4 Å². The molecule has 0 aliphatic carbocycles. The van der Waals surface area contributed by atoms with Crippen molar-refractivity contribution in [2.24, 2.45) is 0 Å². The highest BCUT2D eigenvalue weighted by Crippen LogP contribution is 2.35. The first-order chi connectivity index (χ1) is 32.5. The van der Waals surface area contributed by atoms with Crippen molar-refractivity contribution in [1.82, 2.24) is 20.4 Å². The van der Waals surface area contributed by atoms with Crippen LogP contribution in [0.5, 0.6) is 0 Å². The SMILES string of the molecule is Cc1ccc(S(=O)(=O)OCCOCC(=O)OC(C)(C)C)cc1.O=C(O)COCCSc1cccc2c1C(=O)N(C1CCC(=O)NC1=O)C2=O.O=C1CCC(N2C(=O)c3cccc(S)c3C2=O)C(=O)N1. The molecule has 0 aromatic heterocycles. The second kappa shape index (κ2) is 23.3. The van der Waals surface area contributed by atoms with Gasteiger partial charge in [-0.3, -0.25) is 63.0 Å². The lowest BCUT2D eigenvalue weighted by Gasteiger charge is -2.27. The fourth-order valence-electron chi connectivity index (χ4n) is 6.97. The number of hydrogen-bond donors (Lipinski definition) is 4. The Kier molecular flexibility index (Phi) is 18.1. The van der Waals surface area contributed by atoms with E-state index in [1.165, 1.54) is 36.0 Å². The van der Waals surface area contributed by atoms with Gasteiger partial charge in [-0.25, -0.2) is 9.59 Å². The van der Waals surface area contributed by atoms with E-state index in [-0.39, 0.29) is 79.3 Å². The molecule has 2 atom stereocenters. The molecule has 3 N–H and O–H groups in total. The van der Waals surface area contributed by atoms with Gasteiger partial charge in [-0.15, -0.1) is 24.4 Å². The number of thioether (sulfide) groups is 1. The van der Waals surface area contributed by atoms with Crippen molar-refractivity contribution in [3.05, 3.63) is 88.5 Å². The van der Waals surface area contributed by atoms with E-state index in [0.717, 1.165) is 15.4 Å². The van der Waals surface area contributed by atoms with Crippen LogP contribution in [0.4, 0.5) is 0 Å². The molecule has 2 fully saturated rings. The van der Waals surface area contributed by atoms with E-state index in [1.54, 1.807) is 57.2 Å². The van der Waals surface area contributed by atoms with E-state index in [1.807, 2.05) is 6.92 Å². The minimum atomic E-state index is -3.80. The molecule has 21 nitrogen and oxygen atoms in total. The van der Waals surface area contributed by atoms with Crippen LogP contribution in [0.25, 0.3) is 0 Å². The first-order valence-electron chi connectivity index (χ1n) is 21.1. The van der Waals surface area contributed by atoms with E-state index in [0.29, 0.717) is 15.5 Å². The van der Waals surface area contributed by atoms with Gasteiger partial charge < -0.3 is 19.3 Å². The summed E-state index contributed by atoms with van der Waals surface area (Å²) in [5.74, 6) is -5.45. The molecule has 24 heteroatoms. The number of amides is 8. The van der Waals surface area contributed by atoms with E-state index in [9.17, 15) is 56.4 Å². The summed E-state index contributed by atoms with van der Waals surface area (Å²) < 4.78 is 43.6. The van der Waals surface area contributed by atoms with Crippen molar-refractivity contribution in [2.45, 2.75) is 85.7 Å². The lowest BCUT2D eigenvalue weighted by Crippen LogP contribution is -2.54. The molecule has 7 rings (SSSR count). The molecule has 69 heavy (non-hydrogen) atoms. The maximum atomic E-state index is 12.9. The van der Waals surface area contributed by atoms with Crippen LogP contribution in [0.2, 0.25) is 0 Å². The third kappa shape index (κ3) is 13.9. The zero-order valence-electron chi connectivity index (χ0n) is 37.6. The molecule has 368 valence electrons. The summed E-state index contributed by atoms with van der Waals surface area (Å²) in [6.07, 6.45) is 0.420. The highest BCUT2D eigenvalue weighted by molar-refractivity contribution is 7.99. The quantitative estimate of drug-likeness (QED) is 0.0425. The lowest BCUT2D eigenvalue weighted by atomic mass is 10.0. The maximum Gasteiger partial charge on any atom is 0.332 e. The van der Waals surface area contributed by atoms with Gasteiger partial charge in [0, 0.05) is 28.4 Å². The van der Waals surface area contributed by atoms with Crippen molar-refractivity contribution in [1.29, 1.82) is 0 Å². The van der Waals surface area contributed by atoms with Gasteiger partial charge in [-0.2, -0.15) is 8.42 Å². The number of imide groups is 4. The predicted molar refractivity (Wildman–Crippen MR) is 244 cm³/mol. The summed E-state index contributed by atoms with van der Waals surface area (Å²) in [5.41, 5.74) is 1.26. The van der Waals surface area contributed by atoms with Crippen molar-refractivity contribution < 1.29 is 79.9 Å². The largest absolute Gasteiger partial charge is 0.480 e. The number of aliphatic carboxylic acids is 1. The lowest BCUT2D eigenvalue weighted by molar-refractivity contribution is -0.160. The molecule has 0 spiro atoms. The van der Waals surface area contributed by atoms with Crippen LogP contribution in [-0.2, 0) is 57.3 Å². The first-order valence-corrected chi connectivity index (χ1v) is 23.9. The molecule has 0 radical (unpaired) electrons. The molecule has 8 amide bonds. The minimum Gasteiger partial charge on any atom is -0.480 e. The molecule has 3 aromatic carbocycles. The Labute approximate surface area is 405 Å². The number of fused-ring (bicyclic) bond motifs is 2. The molecule has 4 heterocycles. The van der Waals surface area contributed by atoms with E-state index in [4.69, 9.17) is 23.5 Å². The van der Waals surface area contributed by atoms with Crippen LogP contribution in [0.1, 0.15) is 93.4 Å². The Morgan fingerprint density at radius 3 is 1.77 bits per heavy atom. The van der Waals surface area contributed by atoms with Crippen LogP contribution in [-0.4, -0.2) is 139 Å². The molecule has 2 unspecified atom stereocenters. The predicted octanol–water partition coefficient (Wildman–Crippen LogP) is 2.72. The zero-order valence-corrected chi connectivity index (χ0v) is 40.2. The number of piperidine rings is 2.